The zero-order chi connectivity index (χ0) is 18.6. The van der Waals surface area contributed by atoms with Crippen LogP contribution in [-0.4, -0.2) is 36.5 Å². The van der Waals surface area contributed by atoms with Crippen LogP contribution >= 0.6 is 34.8 Å². The summed E-state index contributed by atoms with van der Waals surface area (Å²) in [5, 5.41) is 12.6. The first kappa shape index (κ1) is 19.1. The lowest BCUT2D eigenvalue weighted by molar-refractivity contribution is 0.0691. The number of carboxylic acids is 1. The fourth-order valence-corrected chi connectivity index (χ4v) is 2.50. The van der Waals surface area contributed by atoms with Crippen LogP contribution in [0, 0.1) is 0 Å². The van der Waals surface area contributed by atoms with E-state index in [1.807, 2.05) is 0 Å². The van der Waals surface area contributed by atoms with E-state index in [1.165, 1.54) is 20.4 Å². The first-order valence-corrected chi connectivity index (χ1v) is 7.80. The van der Waals surface area contributed by atoms with Crippen LogP contribution in [-0.2, 0) is 0 Å². The molecule has 1 heterocycles. The average Bonchev–Trinajstić information content (AvgIpc) is 2.60. The summed E-state index contributed by atoms with van der Waals surface area (Å²) >= 11 is 17.8. The van der Waals surface area contributed by atoms with Crippen molar-refractivity contribution < 1.29 is 19.4 Å². The van der Waals surface area contributed by atoms with Gasteiger partial charge in [0.25, 0.3) is 0 Å². The molecule has 0 atom stereocenters. The van der Waals surface area contributed by atoms with Crippen molar-refractivity contribution in [2.24, 2.45) is 5.10 Å². The van der Waals surface area contributed by atoms with Crippen LogP contribution in [0.15, 0.2) is 23.3 Å². The molecule has 0 bridgehead atoms. The standard InChI is InChI=1S/C15H12Cl3N3O4/c1-24-8-3-7(4-9(5-8)25-2)6-19-21-12-10(16)13(15(22)23)20-14(18)11(12)17/h3-6H,1-2H3,(H,20,21)(H,22,23)/b19-6-. The van der Waals surface area contributed by atoms with Crippen LogP contribution < -0.4 is 14.9 Å². The lowest BCUT2D eigenvalue weighted by atomic mass is 10.2. The zero-order valence-corrected chi connectivity index (χ0v) is 15.3. The molecule has 2 rings (SSSR count). The molecule has 0 fully saturated rings. The fraction of sp³-hybridized carbons (Fsp3) is 0.133. The topological polar surface area (TPSA) is 93.0 Å². The maximum Gasteiger partial charge on any atom is 0.356 e. The number of aromatic nitrogens is 1. The van der Waals surface area contributed by atoms with Gasteiger partial charge < -0.3 is 14.6 Å². The average molecular weight is 405 g/mol. The number of aromatic carboxylic acids is 1. The van der Waals surface area contributed by atoms with Gasteiger partial charge in [0.1, 0.15) is 21.5 Å². The fourth-order valence-electron chi connectivity index (χ4n) is 1.83. The highest BCUT2D eigenvalue weighted by molar-refractivity contribution is 6.46. The molecule has 0 aliphatic heterocycles. The molecule has 0 aliphatic carbocycles. The molecule has 0 saturated heterocycles. The molecular formula is C15H12Cl3N3O4. The van der Waals surface area contributed by atoms with E-state index >= 15 is 0 Å². The molecule has 1 aromatic carbocycles. The van der Waals surface area contributed by atoms with E-state index in [4.69, 9.17) is 49.4 Å². The minimum Gasteiger partial charge on any atom is -0.497 e. The number of methoxy groups -OCH3 is 2. The van der Waals surface area contributed by atoms with Gasteiger partial charge in [0.05, 0.1) is 26.1 Å². The van der Waals surface area contributed by atoms with Gasteiger partial charge >= 0.3 is 5.97 Å². The second-order valence-electron chi connectivity index (χ2n) is 4.58. The number of nitrogens with zero attached hydrogens (tertiary/aromatic N) is 2. The molecule has 2 N–H and O–H groups in total. The molecule has 2 aromatic rings. The lowest BCUT2D eigenvalue weighted by Crippen LogP contribution is -2.05. The predicted molar refractivity (Wildman–Crippen MR) is 97.0 cm³/mol. The molecule has 7 nitrogen and oxygen atoms in total. The number of hydrazone groups is 1. The van der Waals surface area contributed by atoms with Crippen molar-refractivity contribution in [3.8, 4) is 11.5 Å². The Kier molecular flexibility index (Phi) is 6.30. The van der Waals surface area contributed by atoms with Crippen LogP contribution in [0.2, 0.25) is 15.2 Å². The van der Waals surface area contributed by atoms with Gasteiger partial charge in [-0.05, 0) is 12.1 Å². The Bertz CT molecular complexity index is 821. The van der Waals surface area contributed by atoms with Crippen molar-refractivity contribution in [2.75, 3.05) is 19.6 Å². The van der Waals surface area contributed by atoms with E-state index in [2.05, 4.69) is 15.5 Å². The number of carbonyl (C=O) groups is 1. The molecule has 25 heavy (non-hydrogen) atoms. The number of hydrogen-bond acceptors (Lipinski definition) is 6. The number of benzene rings is 1. The van der Waals surface area contributed by atoms with Crippen molar-refractivity contribution in [3.63, 3.8) is 0 Å². The Labute approximate surface area is 158 Å². The molecule has 132 valence electrons. The summed E-state index contributed by atoms with van der Waals surface area (Å²) in [6, 6.07) is 5.15. The van der Waals surface area contributed by atoms with E-state index in [0.29, 0.717) is 17.1 Å². The minimum atomic E-state index is -1.34. The summed E-state index contributed by atoms with van der Waals surface area (Å²) in [6.07, 6.45) is 1.45. The lowest BCUT2D eigenvalue weighted by Gasteiger charge is -2.09. The van der Waals surface area contributed by atoms with Crippen molar-refractivity contribution in [1.82, 2.24) is 4.98 Å². The number of nitrogens with one attached hydrogen (secondary N) is 1. The van der Waals surface area contributed by atoms with Gasteiger partial charge in [-0.25, -0.2) is 9.78 Å². The number of anilines is 1. The van der Waals surface area contributed by atoms with Gasteiger partial charge in [0, 0.05) is 11.6 Å². The normalized spacial score (nSPS) is 10.8. The van der Waals surface area contributed by atoms with Gasteiger partial charge in [0.15, 0.2) is 10.8 Å². The highest BCUT2D eigenvalue weighted by Gasteiger charge is 2.20. The van der Waals surface area contributed by atoms with E-state index in [9.17, 15) is 4.79 Å². The Hall–Kier alpha value is -2.22. The second kappa shape index (κ2) is 8.24. The van der Waals surface area contributed by atoms with E-state index < -0.39 is 11.7 Å². The van der Waals surface area contributed by atoms with Crippen molar-refractivity contribution in [3.05, 3.63) is 44.7 Å². The molecule has 0 amide bonds. The van der Waals surface area contributed by atoms with Crippen molar-refractivity contribution in [1.29, 1.82) is 0 Å². The van der Waals surface area contributed by atoms with Gasteiger partial charge in [-0.15, -0.1) is 0 Å². The summed E-state index contributed by atoms with van der Waals surface area (Å²) in [4.78, 5) is 14.8. The molecule has 0 saturated carbocycles. The second-order valence-corrected chi connectivity index (χ2v) is 5.69. The van der Waals surface area contributed by atoms with Crippen LogP contribution in [0.4, 0.5) is 5.69 Å². The Balaban J connectivity index is 2.33. The van der Waals surface area contributed by atoms with Crippen LogP contribution in [0.25, 0.3) is 0 Å². The van der Waals surface area contributed by atoms with Crippen molar-refractivity contribution >= 4 is 52.7 Å². The predicted octanol–water partition coefficient (Wildman–Crippen LogP) is 4.20. The van der Waals surface area contributed by atoms with Gasteiger partial charge in [-0.1, -0.05) is 34.8 Å². The Morgan fingerprint density at radius 3 is 2.28 bits per heavy atom. The minimum absolute atomic E-state index is 0.0341. The van der Waals surface area contributed by atoms with E-state index in [-0.39, 0.29) is 20.9 Å². The third kappa shape index (κ3) is 4.45. The van der Waals surface area contributed by atoms with Gasteiger partial charge in [-0.3, -0.25) is 5.43 Å². The largest absolute Gasteiger partial charge is 0.497 e. The first-order valence-electron chi connectivity index (χ1n) is 6.67. The van der Waals surface area contributed by atoms with Gasteiger partial charge in [0.2, 0.25) is 0 Å². The van der Waals surface area contributed by atoms with Crippen LogP contribution in [0.5, 0.6) is 11.5 Å². The molecule has 1 aromatic heterocycles. The third-order valence-corrected chi connectivity index (χ3v) is 4.11. The maximum absolute atomic E-state index is 11.1. The quantitative estimate of drug-likeness (QED) is 0.426. The summed E-state index contributed by atoms with van der Waals surface area (Å²) in [7, 11) is 3.06. The maximum atomic E-state index is 11.1. The molecule has 0 unspecified atom stereocenters. The first-order chi connectivity index (χ1) is 11.9. The molecular weight excluding hydrogens is 393 g/mol. The highest BCUT2D eigenvalue weighted by Crippen LogP contribution is 2.36. The molecule has 0 spiro atoms. The van der Waals surface area contributed by atoms with E-state index in [1.54, 1.807) is 18.2 Å². The number of ether oxygens (including phenoxy) is 2. The summed E-state index contributed by atoms with van der Waals surface area (Å²) < 4.78 is 10.3. The number of hydrogen-bond donors (Lipinski definition) is 2. The van der Waals surface area contributed by atoms with Gasteiger partial charge in [-0.2, -0.15) is 5.10 Å². The van der Waals surface area contributed by atoms with Crippen molar-refractivity contribution in [2.45, 2.75) is 0 Å². The van der Waals surface area contributed by atoms with Crippen LogP contribution in [0.1, 0.15) is 16.1 Å². The number of carboxylic acid groups (broad SMARTS) is 1. The Morgan fingerprint density at radius 1 is 1.16 bits per heavy atom. The summed E-state index contributed by atoms with van der Waals surface area (Å²) in [6.45, 7) is 0. The smallest absolute Gasteiger partial charge is 0.356 e. The molecule has 10 heteroatoms. The Morgan fingerprint density at radius 2 is 1.76 bits per heavy atom. The number of pyridine rings is 1. The zero-order valence-electron chi connectivity index (χ0n) is 13.0. The number of rotatable bonds is 6. The number of halogens is 3. The third-order valence-electron chi connectivity index (χ3n) is 3.00. The molecule has 0 aliphatic rings. The SMILES string of the molecule is COc1cc(/C=N\Nc2c(Cl)c(Cl)nc(C(=O)O)c2Cl)cc(OC)c1. The molecule has 0 radical (unpaired) electrons. The summed E-state index contributed by atoms with van der Waals surface area (Å²) in [5.74, 6) is -0.179. The summed E-state index contributed by atoms with van der Waals surface area (Å²) in [5.41, 5.74) is 2.84. The highest BCUT2D eigenvalue weighted by atomic mass is 35.5. The van der Waals surface area contributed by atoms with E-state index in [0.717, 1.165) is 0 Å². The van der Waals surface area contributed by atoms with Crippen LogP contribution in [0.3, 0.4) is 0 Å². The monoisotopic (exact) mass is 403 g/mol.